The molecule has 6 nitrogen and oxygen atoms in total. The van der Waals surface area contributed by atoms with E-state index in [1.54, 1.807) is 12.1 Å². The van der Waals surface area contributed by atoms with Crippen molar-refractivity contribution in [2.45, 2.75) is 0 Å². The lowest BCUT2D eigenvalue weighted by Gasteiger charge is -1.98. The van der Waals surface area contributed by atoms with Crippen LogP contribution in [0.3, 0.4) is 0 Å². The molecular weight excluding hydrogens is 372 g/mol. The van der Waals surface area contributed by atoms with Gasteiger partial charge in [-0.2, -0.15) is 0 Å². The zero-order chi connectivity index (χ0) is 15.7. The van der Waals surface area contributed by atoms with Crippen LogP contribution in [0.4, 0.5) is 5.69 Å². The molecule has 1 aliphatic rings. The average molecular weight is 379 g/mol. The summed E-state index contributed by atoms with van der Waals surface area (Å²) in [4.78, 5) is 26.2. The zero-order valence-electron chi connectivity index (χ0n) is 10.9. The van der Waals surface area contributed by atoms with Crippen LogP contribution in [0.5, 0.6) is 0 Å². The number of esters is 1. The largest absolute Gasteiger partial charge is 0.402 e. The molecule has 0 aliphatic carbocycles. The highest BCUT2D eigenvalue weighted by Crippen LogP contribution is 2.25. The molecule has 0 saturated carbocycles. The number of nitrogens with zero attached hydrogens (tertiary/aromatic N) is 2. The molecule has 0 fully saturated rings. The third-order valence-electron chi connectivity index (χ3n) is 2.82. The van der Waals surface area contributed by atoms with E-state index in [9.17, 15) is 14.9 Å². The van der Waals surface area contributed by atoms with Crippen LogP contribution in [-0.4, -0.2) is 16.8 Å². The Morgan fingerprint density at radius 2 is 2.18 bits per heavy atom. The molecule has 1 aliphatic heterocycles. The van der Waals surface area contributed by atoms with Crippen molar-refractivity contribution in [3.05, 3.63) is 66.4 Å². The predicted octanol–water partition coefficient (Wildman–Crippen LogP) is 3.76. The summed E-state index contributed by atoms with van der Waals surface area (Å²) in [6, 6.07) is 7.65. The molecule has 1 aromatic heterocycles. The summed E-state index contributed by atoms with van der Waals surface area (Å²) in [7, 11) is 0. The fourth-order valence-corrected chi connectivity index (χ4v) is 2.98. The summed E-state index contributed by atoms with van der Waals surface area (Å²) in [5.74, 6) is -0.516. The van der Waals surface area contributed by atoms with Gasteiger partial charge in [-0.1, -0.05) is 6.07 Å². The lowest BCUT2D eigenvalue weighted by molar-refractivity contribution is -0.384. The van der Waals surface area contributed by atoms with Gasteiger partial charge in [-0.3, -0.25) is 10.1 Å². The van der Waals surface area contributed by atoms with Crippen molar-refractivity contribution in [3.8, 4) is 0 Å². The molecule has 3 rings (SSSR count). The standard InChI is InChI=1S/C14H7BrN2O4S/c15-12-5-8(7-22-12)4-11-14(18)21-13(16-11)9-2-1-3-10(6-9)17(19)20/h1-7H/b11-4-. The van der Waals surface area contributed by atoms with Gasteiger partial charge in [0, 0.05) is 17.7 Å². The molecule has 0 radical (unpaired) electrons. The normalized spacial score (nSPS) is 15.8. The number of nitro groups is 1. The second-order valence-corrected chi connectivity index (χ2v) is 6.62. The number of hydrogen-bond donors (Lipinski definition) is 0. The van der Waals surface area contributed by atoms with Crippen LogP contribution in [0.15, 0.2) is 50.2 Å². The minimum absolute atomic E-state index is 0.0641. The van der Waals surface area contributed by atoms with Crippen molar-refractivity contribution in [2.24, 2.45) is 4.99 Å². The Balaban J connectivity index is 1.94. The van der Waals surface area contributed by atoms with Gasteiger partial charge in [0.1, 0.15) is 0 Å². The van der Waals surface area contributed by atoms with Crippen LogP contribution in [0.1, 0.15) is 11.1 Å². The van der Waals surface area contributed by atoms with E-state index in [-0.39, 0.29) is 17.3 Å². The highest BCUT2D eigenvalue weighted by atomic mass is 79.9. The van der Waals surface area contributed by atoms with E-state index in [4.69, 9.17) is 4.74 Å². The maximum atomic E-state index is 11.8. The summed E-state index contributed by atoms with van der Waals surface area (Å²) in [6.07, 6.45) is 1.61. The number of rotatable bonds is 3. The number of cyclic esters (lactones) is 1. The van der Waals surface area contributed by atoms with Crippen LogP contribution in [0.2, 0.25) is 0 Å². The maximum absolute atomic E-state index is 11.8. The molecule has 2 heterocycles. The lowest BCUT2D eigenvalue weighted by atomic mass is 10.2. The smallest absolute Gasteiger partial charge is 0.363 e. The number of aliphatic imine (C=N–C) groups is 1. The second kappa shape index (κ2) is 5.82. The molecule has 110 valence electrons. The van der Waals surface area contributed by atoms with Crippen molar-refractivity contribution in [2.75, 3.05) is 0 Å². The number of carbonyl (C=O) groups is 1. The van der Waals surface area contributed by atoms with E-state index in [1.165, 1.54) is 29.5 Å². The van der Waals surface area contributed by atoms with Crippen LogP contribution in [0.25, 0.3) is 6.08 Å². The molecule has 0 unspecified atom stereocenters. The quantitative estimate of drug-likeness (QED) is 0.352. The topological polar surface area (TPSA) is 81.8 Å². The molecule has 0 amide bonds. The molecule has 22 heavy (non-hydrogen) atoms. The lowest BCUT2D eigenvalue weighted by Crippen LogP contribution is -2.05. The third-order valence-corrected chi connectivity index (χ3v) is 4.34. The van der Waals surface area contributed by atoms with Crippen LogP contribution < -0.4 is 0 Å². The Morgan fingerprint density at radius 1 is 1.36 bits per heavy atom. The number of thiophene rings is 1. The van der Waals surface area contributed by atoms with E-state index in [2.05, 4.69) is 20.9 Å². The first-order valence-corrected chi connectivity index (χ1v) is 7.71. The molecule has 1 aromatic carbocycles. The fraction of sp³-hybridized carbons (Fsp3) is 0. The van der Waals surface area contributed by atoms with Crippen LogP contribution in [-0.2, 0) is 9.53 Å². The molecule has 0 spiro atoms. The zero-order valence-corrected chi connectivity index (χ0v) is 13.3. The van der Waals surface area contributed by atoms with Crippen molar-refractivity contribution in [1.82, 2.24) is 0 Å². The van der Waals surface area contributed by atoms with Gasteiger partial charge in [-0.25, -0.2) is 9.79 Å². The van der Waals surface area contributed by atoms with Gasteiger partial charge in [0.2, 0.25) is 5.90 Å². The Hall–Kier alpha value is -2.32. The fourth-order valence-electron chi connectivity index (χ4n) is 1.84. The summed E-state index contributed by atoms with van der Waals surface area (Å²) in [6.45, 7) is 0. The number of hydrogen-bond acceptors (Lipinski definition) is 6. The molecule has 0 N–H and O–H groups in total. The summed E-state index contributed by atoms with van der Waals surface area (Å²) < 4.78 is 6.02. The minimum Gasteiger partial charge on any atom is -0.402 e. The van der Waals surface area contributed by atoms with E-state index >= 15 is 0 Å². The molecule has 0 saturated heterocycles. The maximum Gasteiger partial charge on any atom is 0.363 e. The Bertz CT molecular complexity index is 841. The van der Waals surface area contributed by atoms with Gasteiger partial charge < -0.3 is 4.74 Å². The van der Waals surface area contributed by atoms with Gasteiger partial charge in [-0.15, -0.1) is 11.3 Å². The molecule has 0 bridgehead atoms. The number of halogens is 1. The molecule has 8 heteroatoms. The van der Waals surface area contributed by atoms with Gasteiger partial charge in [-0.05, 0) is 45.1 Å². The van der Waals surface area contributed by atoms with Gasteiger partial charge in [0.15, 0.2) is 5.70 Å². The minimum atomic E-state index is -0.580. The number of benzene rings is 1. The Morgan fingerprint density at radius 3 is 2.86 bits per heavy atom. The number of ether oxygens (including phenoxy) is 1. The highest BCUT2D eigenvalue weighted by Gasteiger charge is 2.25. The summed E-state index contributed by atoms with van der Waals surface area (Å²) in [5.41, 5.74) is 1.28. The predicted molar refractivity (Wildman–Crippen MR) is 85.7 cm³/mol. The number of carbonyl (C=O) groups excluding carboxylic acids is 1. The average Bonchev–Trinajstić information content (AvgIpc) is 3.06. The Kier molecular flexibility index (Phi) is 3.86. The van der Waals surface area contributed by atoms with E-state index in [1.807, 2.05) is 11.4 Å². The van der Waals surface area contributed by atoms with Gasteiger partial charge >= 0.3 is 5.97 Å². The second-order valence-electron chi connectivity index (χ2n) is 4.33. The van der Waals surface area contributed by atoms with Gasteiger partial charge in [0.05, 0.1) is 8.71 Å². The van der Waals surface area contributed by atoms with Crippen molar-refractivity contribution >= 4 is 50.9 Å². The first kappa shape index (κ1) is 14.6. The molecular formula is C14H7BrN2O4S. The first-order valence-electron chi connectivity index (χ1n) is 6.04. The first-order chi connectivity index (χ1) is 10.5. The summed E-state index contributed by atoms with van der Waals surface area (Å²) in [5, 5.41) is 12.6. The van der Waals surface area contributed by atoms with Crippen LogP contribution in [0, 0.1) is 10.1 Å². The number of nitro benzene ring substituents is 1. The van der Waals surface area contributed by atoms with Crippen LogP contribution >= 0.6 is 27.3 Å². The molecule has 0 atom stereocenters. The summed E-state index contributed by atoms with van der Waals surface area (Å²) >= 11 is 4.83. The number of non-ortho nitro benzene ring substituents is 1. The Labute approximate surface area is 137 Å². The van der Waals surface area contributed by atoms with Crippen molar-refractivity contribution in [1.29, 1.82) is 0 Å². The van der Waals surface area contributed by atoms with Crippen molar-refractivity contribution in [3.63, 3.8) is 0 Å². The van der Waals surface area contributed by atoms with E-state index in [0.717, 1.165) is 9.35 Å². The molecule has 2 aromatic rings. The van der Waals surface area contributed by atoms with Gasteiger partial charge in [0.25, 0.3) is 5.69 Å². The van der Waals surface area contributed by atoms with E-state index < -0.39 is 10.9 Å². The third kappa shape index (κ3) is 2.97. The van der Waals surface area contributed by atoms with Crippen molar-refractivity contribution < 1.29 is 14.5 Å². The SMILES string of the molecule is O=C1OC(c2cccc([N+](=O)[O-])c2)=N/C1=C\c1csc(Br)c1. The monoisotopic (exact) mass is 378 g/mol. The van der Waals surface area contributed by atoms with E-state index in [0.29, 0.717) is 5.56 Å². The highest BCUT2D eigenvalue weighted by molar-refractivity contribution is 9.11.